The minimum Gasteiger partial charge on any atom is -0.296 e. The number of anilines is 1. The van der Waals surface area contributed by atoms with Gasteiger partial charge in [-0.05, 0) is 24.3 Å². The van der Waals surface area contributed by atoms with Crippen molar-refractivity contribution in [2.24, 2.45) is 0 Å². The Morgan fingerprint density at radius 1 is 1.18 bits per heavy atom. The van der Waals surface area contributed by atoms with Crippen LogP contribution in [0.15, 0.2) is 63.9 Å². The standard InChI is InChI=1S/C18H12ClN5O2S2/c19-13-6-2-1-5-12(13)16(26)21-17-22-23-18(28-17)27-10-11-9-15(25)24-8-4-3-7-14(24)20-11/h1-9H,10H2,(H,21,22,26). The van der Waals surface area contributed by atoms with Crippen molar-refractivity contribution in [3.63, 3.8) is 0 Å². The first-order chi connectivity index (χ1) is 13.6. The third kappa shape index (κ3) is 4.06. The van der Waals surface area contributed by atoms with E-state index in [1.165, 1.54) is 33.6 Å². The van der Waals surface area contributed by atoms with Crippen molar-refractivity contribution in [3.8, 4) is 0 Å². The largest absolute Gasteiger partial charge is 0.296 e. The van der Waals surface area contributed by atoms with Gasteiger partial charge in [0.25, 0.3) is 11.5 Å². The van der Waals surface area contributed by atoms with Gasteiger partial charge in [0.15, 0.2) is 4.34 Å². The van der Waals surface area contributed by atoms with Gasteiger partial charge in [-0.2, -0.15) is 0 Å². The van der Waals surface area contributed by atoms with Crippen LogP contribution in [-0.4, -0.2) is 25.5 Å². The molecule has 1 aromatic carbocycles. The van der Waals surface area contributed by atoms with Crippen LogP contribution in [0, 0.1) is 0 Å². The number of carbonyl (C=O) groups excluding carboxylic acids is 1. The molecule has 10 heteroatoms. The van der Waals surface area contributed by atoms with Crippen LogP contribution in [0.2, 0.25) is 5.02 Å². The summed E-state index contributed by atoms with van der Waals surface area (Å²) in [6.07, 6.45) is 1.68. The summed E-state index contributed by atoms with van der Waals surface area (Å²) in [7, 11) is 0. The van der Waals surface area contributed by atoms with Crippen molar-refractivity contribution >= 4 is 51.4 Å². The first kappa shape index (κ1) is 18.6. The first-order valence-electron chi connectivity index (χ1n) is 8.10. The molecular weight excluding hydrogens is 418 g/mol. The maximum Gasteiger partial charge on any atom is 0.259 e. The van der Waals surface area contributed by atoms with E-state index in [-0.39, 0.29) is 11.5 Å². The molecule has 140 valence electrons. The Morgan fingerprint density at radius 3 is 2.86 bits per heavy atom. The molecule has 4 aromatic rings. The number of carbonyl (C=O) groups is 1. The SMILES string of the molecule is O=C(Nc1nnc(SCc2cc(=O)n3ccccc3n2)s1)c1ccccc1Cl. The second kappa shape index (κ2) is 8.09. The van der Waals surface area contributed by atoms with E-state index in [9.17, 15) is 9.59 Å². The van der Waals surface area contributed by atoms with Crippen molar-refractivity contribution < 1.29 is 4.79 Å². The zero-order valence-corrected chi connectivity index (χ0v) is 16.6. The van der Waals surface area contributed by atoms with Crippen LogP contribution in [-0.2, 0) is 5.75 Å². The van der Waals surface area contributed by atoms with Gasteiger partial charge in [-0.25, -0.2) is 4.98 Å². The Kier molecular flexibility index (Phi) is 5.38. The third-order valence-corrected chi connectivity index (χ3v) is 6.05. The Labute approximate surface area is 172 Å². The second-order valence-corrected chi connectivity index (χ2v) is 8.22. The van der Waals surface area contributed by atoms with Gasteiger partial charge < -0.3 is 0 Å². The molecule has 0 aliphatic heterocycles. The molecular formula is C18H12ClN5O2S2. The molecule has 4 rings (SSSR count). The summed E-state index contributed by atoms with van der Waals surface area (Å²) in [5.74, 6) is 0.121. The van der Waals surface area contributed by atoms with Gasteiger partial charge in [0.05, 0.1) is 16.3 Å². The molecule has 0 radical (unpaired) electrons. The second-order valence-electron chi connectivity index (χ2n) is 5.61. The van der Waals surface area contributed by atoms with Crippen LogP contribution in [0.1, 0.15) is 16.1 Å². The lowest BCUT2D eigenvalue weighted by atomic mass is 10.2. The fourth-order valence-corrected chi connectivity index (χ4v) is 4.30. The summed E-state index contributed by atoms with van der Waals surface area (Å²) in [4.78, 5) is 28.9. The number of hydrogen-bond acceptors (Lipinski definition) is 7. The van der Waals surface area contributed by atoms with Crippen molar-refractivity contribution in [2.75, 3.05) is 5.32 Å². The predicted octanol–water partition coefficient (Wildman–Crippen LogP) is 3.74. The fraction of sp³-hybridized carbons (Fsp3) is 0.0556. The summed E-state index contributed by atoms with van der Waals surface area (Å²) in [6, 6.07) is 13.7. The molecule has 0 atom stereocenters. The zero-order chi connectivity index (χ0) is 19.5. The number of nitrogens with one attached hydrogen (secondary N) is 1. The fourth-order valence-electron chi connectivity index (χ4n) is 2.44. The number of fused-ring (bicyclic) bond motifs is 1. The van der Waals surface area contributed by atoms with Gasteiger partial charge in [-0.15, -0.1) is 10.2 Å². The number of rotatable bonds is 5. The highest BCUT2D eigenvalue weighted by molar-refractivity contribution is 8.00. The minimum absolute atomic E-state index is 0.133. The van der Waals surface area contributed by atoms with Gasteiger partial charge in [-0.1, -0.05) is 52.9 Å². The number of halogens is 1. The smallest absolute Gasteiger partial charge is 0.259 e. The minimum atomic E-state index is -0.345. The molecule has 3 aromatic heterocycles. The third-order valence-electron chi connectivity index (χ3n) is 3.71. The van der Waals surface area contributed by atoms with Crippen LogP contribution in [0.5, 0.6) is 0 Å². The van der Waals surface area contributed by atoms with Gasteiger partial charge in [-0.3, -0.25) is 19.3 Å². The van der Waals surface area contributed by atoms with Crippen molar-refractivity contribution in [2.45, 2.75) is 10.1 Å². The van der Waals surface area contributed by atoms with Gasteiger partial charge >= 0.3 is 0 Å². The lowest BCUT2D eigenvalue weighted by molar-refractivity contribution is 0.102. The Morgan fingerprint density at radius 2 is 2.00 bits per heavy atom. The maximum absolute atomic E-state index is 12.3. The van der Waals surface area contributed by atoms with Gasteiger partial charge in [0.1, 0.15) is 5.65 Å². The molecule has 0 saturated carbocycles. The lowest BCUT2D eigenvalue weighted by Gasteiger charge is -2.03. The molecule has 0 aliphatic carbocycles. The lowest BCUT2D eigenvalue weighted by Crippen LogP contribution is -2.14. The molecule has 28 heavy (non-hydrogen) atoms. The van der Waals surface area contributed by atoms with E-state index in [0.717, 1.165) is 0 Å². The van der Waals surface area contributed by atoms with Gasteiger partial charge in [0.2, 0.25) is 5.13 Å². The van der Waals surface area contributed by atoms with Crippen LogP contribution in [0.4, 0.5) is 5.13 Å². The van der Waals surface area contributed by atoms with Crippen LogP contribution in [0.3, 0.4) is 0 Å². The Hall–Kier alpha value is -2.75. The Balaban J connectivity index is 1.43. The average molecular weight is 430 g/mol. The molecule has 3 heterocycles. The normalized spacial score (nSPS) is 10.9. The monoisotopic (exact) mass is 429 g/mol. The summed E-state index contributed by atoms with van der Waals surface area (Å²) in [5.41, 5.74) is 1.48. The van der Waals surface area contributed by atoms with Crippen LogP contribution < -0.4 is 10.9 Å². The molecule has 0 saturated heterocycles. The molecule has 0 spiro atoms. The number of thioether (sulfide) groups is 1. The Bertz CT molecular complexity index is 1220. The predicted molar refractivity (Wildman–Crippen MR) is 110 cm³/mol. The highest BCUT2D eigenvalue weighted by Crippen LogP contribution is 2.28. The molecule has 7 nitrogen and oxygen atoms in total. The van der Waals surface area contributed by atoms with Crippen LogP contribution >= 0.6 is 34.7 Å². The summed E-state index contributed by atoms with van der Waals surface area (Å²) in [5, 5.41) is 11.5. The van der Waals surface area contributed by atoms with Crippen molar-refractivity contribution in [1.29, 1.82) is 0 Å². The molecule has 0 aliphatic rings. The summed E-state index contributed by atoms with van der Waals surface area (Å²) in [6.45, 7) is 0. The van der Waals surface area contributed by atoms with E-state index in [1.807, 2.05) is 6.07 Å². The first-order valence-corrected chi connectivity index (χ1v) is 10.3. The van der Waals surface area contributed by atoms with E-state index in [0.29, 0.717) is 37.2 Å². The van der Waals surface area contributed by atoms with Crippen molar-refractivity contribution in [1.82, 2.24) is 19.6 Å². The zero-order valence-electron chi connectivity index (χ0n) is 14.2. The molecule has 0 unspecified atom stereocenters. The number of nitrogens with zero attached hydrogens (tertiary/aromatic N) is 4. The van der Waals surface area contributed by atoms with Gasteiger partial charge in [0, 0.05) is 18.0 Å². The van der Waals surface area contributed by atoms with Crippen molar-refractivity contribution in [3.05, 3.63) is 81.4 Å². The summed E-state index contributed by atoms with van der Waals surface area (Å²) >= 11 is 8.67. The van der Waals surface area contributed by atoms with E-state index in [1.54, 1.807) is 42.6 Å². The molecule has 0 fully saturated rings. The maximum atomic E-state index is 12.3. The highest BCUT2D eigenvalue weighted by atomic mass is 35.5. The van der Waals surface area contributed by atoms with E-state index in [2.05, 4.69) is 20.5 Å². The number of benzene rings is 1. The topological polar surface area (TPSA) is 89.2 Å². The quantitative estimate of drug-likeness (QED) is 0.384. The molecule has 0 bridgehead atoms. The summed E-state index contributed by atoms with van der Waals surface area (Å²) < 4.78 is 2.14. The highest BCUT2D eigenvalue weighted by Gasteiger charge is 2.13. The van der Waals surface area contributed by atoms with E-state index in [4.69, 9.17) is 11.6 Å². The van der Waals surface area contributed by atoms with E-state index >= 15 is 0 Å². The molecule has 1 N–H and O–H groups in total. The number of amides is 1. The number of pyridine rings is 1. The number of hydrogen-bond donors (Lipinski definition) is 1. The van der Waals surface area contributed by atoms with Crippen LogP contribution in [0.25, 0.3) is 5.65 Å². The average Bonchev–Trinajstić information content (AvgIpc) is 3.14. The molecule has 1 amide bonds. The number of aromatic nitrogens is 4. The van der Waals surface area contributed by atoms with E-state index < -0.39 is 0 Å².